The number of benzene rings is 1. The summed E-state index contributed by atoms with van der Waals surface area (Å²) in [6, 6.07) is 3.81. The third kappa shape index (κ3) is 2.34. The maximum Gasteiger partial charge on any atom is 0.245 e. The van der Waals surface area contributed by atoms with Crippen molar-refractivity contribution in [2.24, 2.45) is 0 Å². The summed E-state index contributed by atoms with van der Waals surface area (Å²) in [5.41, 5.74) is 5.21. The van der Waals surface area contributed by atoms with Gasteiger partial charge in [0, 0.05) is 18.8 Å². The summed E-state index contributed by atoms with van der Waals surface area (Å²) in [7, 11) is -2.20. The lowest BCUT2D eigenvalue weighted by atomic mass is 10.3. The van der Waals surface area contributed by atoms with Crippen molar-refractivity contribution in [2.75, 3.05) is 24.3 Å². The Morgan fingerprint density at radius 1 is 1.50 bits per heavy atom. The van der Waals surface area contributed by atoms with E-state index in [0.29, 0.717) is 0 Å². The number of sulfonamides is 1. The van der Waals surface area contributed by atoms with Crippen LogP contribution in [0.5, 0.6) is 0 Å². The lowest BCUT2D eigenvalue weighted by molar-refractivity contribution is 0.394. The molecule has 0 bridgehead atoms. The minimum Gasteiger partial charge on any atom is -0.395 e. The normalized spacial score (nSPS) is 20.5. The van der Waals surface area contributed by atoms with Crippen molar-refractivity contribution in [1.82, 2.24) is 4.31 Å². The van der Waals surface area contributed by atoms with Crippen LogP contribution in [0, 0.1) is 5.82 Å². The predicted octanol–water partition coefficient (Wildman–Crippen LogP) is 1.53. The summed E-state index contributed by atoms with van der Waals surface area (Å²) in [5, 5.41) is 0. The van der Waals surface area contributed by atoms with Gasteiger partial charge in [-0.3, -0.25) is 0 Å². The Labute approximate surface area is 110 Å². The molecule has 1 atom stereocenters. The smallest absolute Gasteiger partial charge is 0.245 e. The number of thioether (sulfide) groups is 1. The summed E-state index contributed by atoms with van der Waals surface area (Å²) < 4.78 is 39.4. The van der Waals surface area contributed by atoms with Crippen molar-refractivity contribution < 1.29 is 12.8 Å². The molecule has 7 heteroatoms. The summed E-state index contributed by atoms with van der Waals surface area (Å²) in [6.45, 7) is 0. The molecule has 0 radical (unpaired) electrons. The van der Waals surface area contributed by atoms with Crippen molar-refractivity contribution in [1.29, 1.82) is 0 Å². The molecule has 1 heterocycles. The predicted molar refractivity (Wildman–Crippen MR) is 71.5 cm³/mol. The van der Waals surface area contributed by atoms with E-state index in [1.807, 2.05) is 0 Å². The number of rotatable bonds is 3. The van der Waals surface area contributed by atoms with Crippen molar-refractivity contribution in [2.45, 2.75) is 17.4 Å². The lowest BCUT2D eigenvalue weighted by Crippen LogP contribution is -2.37. The SMILES string of the molecule is CN(C1CCSC1)S(=O)(=O)c1cccc(F)c1N. The molecule has 1 saturated heterocycles. The molecule has 0 aliphatic carbocycles. The van der Waals surface area contributed by atoms with Crippen molar-refractivity contribution in [3.8, 4) is 0 Å². The maximum absolute atomic E-state index is 13.3. The fraction of sp³-hybridized carbons (Fsp3) is 0.455. The molecular formula is C11H15FN2O2S2. The van der Waals surface area contributed by atoms with E-state index in [2.05, 4.69) is 0 Å². The van der Waals surface area contributed by atoms with Gasteiger partial charge in [-0.1, -0.05) is 6.07 Å². The first kappa shape index (κ1) is 13.6. The number of halogens is 1. The van der Waals surface area contributed by atoms with Crippen LogP contribution in [-0.4, -0.2) is 37.3 Å². The first-order valence-electron chi connectivity index (χ1n) is 5.54. The molecule has 2 N–H and O–H groups in total. The van der Waals surface area contributed by atoms with Gasteiger partial charge in [0.15, 0.2) is 0 Å². The highest BCUT2D eigenvalue weighted by Gasteiger charge is 2.32. The highest BCUT2D eigenvalue weighted by atomic mass is 32.2. The van der Waals surface area contributed by atoms with Crippen molar-refractivity contribution >= 4 is 27.5 Å². The van der Waals surface area contributed by atoms with E-state index in [-0.39, 0.29) is 16.6 Å². The number of nitrogens with zero attached hydrogens (tertiary/aromatic N) is 1. The van der Waals surface area contributed by atoms with E-state index < -0.39 is 15.8 Å². The fourth-order valence-electron chi connectivity index (χ4n) is 1.90. The molecule has 4 nitrogen and oxygen atoms in total. The number of hydrogen-bond donors (Lipinski definition) is 1. The quantitative estimate of drug-likeness (QED) is 0.858. The highest BCUT2D eigenvalue weighted by molar-refractivity contribution is 7.99. The molecule has 0 saturated carbocycles. The lowest BCUT2D eigenvalue weighted by Gasteiger charge is -2.23. The first-order chi connectivity index (χ1) is 8.44. The summed E-state index contributed by atoms with van der Waals surface area (Å²) in [6.07, 6.45) is 0.815. The summed E-state index contributed by atoms with van der Waals surface area (Å²) in [4.78, 5) is -0.151. The average Bonchev–Trinajstić information content (AvgIpc) is 2.85. The second-order valence-corrected chi connectivity index (χ2v) is 7.31. The Hall–Kier alpha value is -0.790. The van der Waals surface area contributed by atoms with Gasteiger partial charge in [0.25, 0.3) is 0 Å². The monoisotopic (exact) mass is 290 g/mol. The van der Waals surface area contributed by atoms with Crippen LogP contribution in [-0.2, 0) is 10.0 Å². The van der Waals surface area contributed by atoms with Crippen molar-refractivity contribution in [3.05, 3.63) is 24.0 Å². The Morgan fingerprint density at radius 2 is 2.22 bits per heavy atom. The van der Waals surface area contributed by atoms with Crippen LogP contribution in [0.15, 0.2) is 23.1 Å². The van der Waals surface area contributed by atoms with Gasteiger partial charge in [-0.25, -0.2) is 12.8 Å². The molecule has 1 fully saturated rings. The molecule has 1 unspecified atom stereocenters. The zero-order valence-electron chi connectivity index (χ0n) is 9.97. The zero-order chi connectivity index (χ0) is 13.3. The largest absolute Gasteiger partial charge is 0.395 e. The number of nitrogen functional groups attached to an aromatic ring is 1. The molecule has 1 aliphatic rings. The first-order valence-corrected chi connectivity index (χ1v) is 8.14. The molecule has 1 aliphatic heterocycles. The molecule has 18 heavy (non-hydrogen) atoms. The average molecular weight is 290 g/mol. The maximum atomic E-state index is 13.3. The van der Waals surface area contributed by atoms with Crippen LogP contribution >= 0.6 is 11.8 Å². The van der Waals surface area contributed by atoms with Gasteiger partial charge in [0.2, 0.25) is 10.0 Å². The Balaban J connectivity index is 2.38. The van der Waals surface area contributed by atoms with Crippen LogP contribution in [0.2, 0.25) is 0 Å². The molecule has 0 amide bonds. The Bertz CT molecular complexity index is 542. The molecule has 2 rings (SSSR count). The zero-order valence-corrected chi connectivity index (χ0v) is 11.6. The molecule has 100 valence electrons. The van der Waals surface area contributed by atoms with Crippen LogP contribution in [0.4, 0.5) is 10.1 Å². The second-order valence-electron chi connectivity index (χ2n) is 4.19. The van der Waals surface area contributed by atoms with Gasteiger partial charge in [0.1, 0.15) is 10.7 Å². The summed E-state index contributed by atoms with van der Waals surface area (Å²) in [5.74, 6) is 1.01. The van der Waals surface area contributed by atoms with Gasteiger partial charge in [-0.15, -0.1) is 0 Å². The Kier molecular flexibility index (Phi) is 3.84. The van der Waals surface area contributed by atoms with Gasteiger partial charge < -0.3 is 5.73 Å². The Morgan fingerprint density at radius 3 is 2.83 bits per heavy atom. The molecule has 0 aromatic heterocycles. The minimum atomic E-state index is -3.72. The van der Waals surface area contributed by atoms with E-state index >= 15 is 0 Å². The summed E-state index contributed by atoms with van der Waals surface area (Å²) >= 11 is 1.72. The molecule has 0 spiro atoms. The number of nitrogens with two attached hydrogens (primary N) is 1. The third-order valence-corrected chi connectivity index (χ3v) is 6.20. The number of hydrogen-bond acceptors (Lipinski definition) is 4. The van der Waals surface area contributed by atoms with E-state index in [0.717, 1.165) is 24.0 Å². The third-order valence-electron chi connectivity index (χ3n) is 3.09. The van der Waals surface area contributed by atoms with E-state index in [9.17, 15) is 12.8 Å². The van der Waals surface area contributed by atoms with E-state index in [1.165, 1.54) is 23.5 Å². The van der Waals surface area contributed by atoms with Crippen LogP contribution in [0.1, 0.15) is 6.42 Å². The minimum absolute atomic E-state index is 0.0392. The van der Waals surface area contributed by atoms with Crippen molar-refractivity contribution in [3.63, 3.8) is 0 Å². The molecule has 1 aromatic rings. The van der Waals surface area contributed by atoms with E-state index in [1.54, 1.807) is 11.8 Å². The number of anilines is 1. The number of para-hydroxylation sites is 1. The standard InChI is InChI=1S/C11H15FN2O2S2/c1-14(8-5-6-17-7-8)18(15,16)10-4-2-3-9(12)11(10)13/h2-4,8H,5-7,13H2,1H3. The second kappa shape index (κ2) is 5.07. The molecule has 1 aromatic carbocycles. The fourth-order valence-corrected chi connectivity index (χ4v) is 4.77. The van der Waals surface area contributed by atoms with Crippen LogP contribution in [0.3, 0.4) is 0 Å². The van der Waals surface area contributed by atoms with Crippen LogP contribution in [0.25, 0.3) is 0 Å². The highest BCUT2D eigenvalue weighted by Crippen LogP contribution is 2.29. The van der Waals surface area contributed by atoms with Crippen LogP contribution < -0.4 is 5.73 Å². The van der Waals surface area contributed by atoms with Gasteiger partial charge >= 0.3 is 0 Å². The van der Waals surface area contributed by atoms with Gasteiger partial charge in [0.05, 0.1) is 5.69 Å². The van der Waals surface area contributed by atoms with E-state index in [4.69, 9.17) is 5.73 Å². The molecular weight excluding hydrogens is 275 g/mol. The topological polar surface area (TPSA) is 63.4 Å². The van der Waals surface area contributed by atoms with Gasteiger partial charge in [-0.2, -0.15) is 16.1 Å². The van der Waals surface area contributed by atoms with Gasteiger partial charge in [-0.05, 0) is 24.3 Å².